The van der Waals surface area contributed by atoms with E-state index in [1.54, 1.807) is 12.1 Å². The highest BCUT2D eigenvalue weighted by atomic mass is 19.1. The van der Waals surface area contributed by atoms with E-state index in [2.05, 4.69) is 20.5 Å². The molecule has 1 aromatic heterocycles. The summed E-state index contributed by atoms with van der Waals surface area (Å²) in [5.41, 5.74) is 0.213. The Morgan fingerprint density at radius 1 is 1.21 bits per heavy atom. The fourth-order valence-corrected chi connectivity index (χ4v) is 2.03. The molecule has 2 rings (SSSR count). The van der Waals surface area contributed by atoms with E-state index in [9.17, 15) is 13.6 Å². The second kappa shape index (κ2) is 8.35. The molecule has 128 valence electrons. The number of hydrogen-bond donors (Lipinski definition) is 2. The molecular formula is C17H20F2N4O. The zero-order chi connectivity index (χ0) is 17.5. The molecule has 0 aliphatic rings. The Kier molecular flexibility index (Phi) is 6.20. The maximum Gasteiger partial charge on any atom is 0.257 e. The molecule has 0 radical (unpaired) electrons. The van der Waals surface area contributed by atoms with Crippen molar-refractivity contribution in [2.24, 2.45) is 0 Å². The van der Waals surface area contributed by atoms with Gasteiger partial charge in [-0.2, -0.15) is 0 Å². The smallest absolute Gasteiger partial charge is 0.257 e. The molecular weight excluding hydrogens is 314 g/mol. The molecule has 2 N–H and O–H groups in total. The van der Waals surface area contributed by atoms with Crippen LogP contribution in [0.15, 0.2) is 36.5 Å². The van der Waals surface area contributed by atoms with Crippen LogP contribution in [0.5, 0.6) is 0 Å². The second-order valence-corrected chi connectivity index (χ2v) is 5.59. The number of carbonyl (C=O) groups is 1. The van der Waals surface area contributed by atoms with E-state index in [4.69, 9.17) is 0 Å². The molecule has 1 amide bonds. The van der Waals surface area contributed by atoms with Gasteiger partial charge in [0.2, 0.25) is 0 Å². The number of hydrogen-bond acceptors (Lipinski definition) is 4. The van der Waals surface area contributed by atoms with Crippen LogP contribution < -0.4 is 10.6 Å². The van der Waals surface area contributed by atoms with Crippen molar-refractivity contribution in [3.8, 4) is 0 Å². The van der Waals surface area contributed by atoms with Gasteiger partial charge in [-0.05, 0) is 51.3 Å². The fourth-order valence-electron chi connectivity index (χ4n) is 2.03. The predicted octanol–water partition coefficient (Wildman–Crippen LogP) is 2.98. The van der Waals surface area contributed by atoms with Crippen LogP contribution in [0.25, 0.3) is 0 Å². The van der Waals surface area contributed by atoms with E-state index in [0.29, 0.717) is 11.9 Å². The summed E-state index contributed by atoms with van der Waals surface area (Å²) in [6.07, 6.45) is 2.38. The third-order valence-corrected chi connectivity index (χ3v) is 3.29. The first-order valence-corrected chi connectivity index (χ1v) is 7.57. The molecule has 0 aliphatic heterocycles. The van der Waals surface area contributed by atoms with E-state index in [-0.39, 0.29) is 11.3 Å². The highest BCUT2D eigenvalue weighted by molar-refractivity contribution is 6.04. The predicted molar refractivity (Wildman–Crippen MR) is 90.2 cm³/mol. The minimum Gasteiger partial charge on any atom is -0.370 e. The topological polar surface area (TPSA) is 57.3 Å². The van der Waals surface area contributed by atoms with E-state index in [1.807, 2.05) is 14.1 Å². The molecule has 0 atom stereocenters. The lowest BCUT2D eigenvalue weighted by Gasteiger charge is -2.10. The van der Waals surface area contributed by atoms with Gasteiger partial charge in [0, 0.05) is 18.8 Å². The zero-order valence-corrected chi connectivity index (χ0v) is 13.6. The molecule has 7 heteroatoms. The highest BCUT2D eigenvalue weighted by Gasteiger charge is 2.10. The summed E-state index contributed by atoms with van der Waals surface area (Å²) in [6.45, 7) is 1.74. The van der Waals surface area contributed by atoms with Gasteiger partial charge >= 0.3 is 0 Å². The van der Waals surface area contributed by atoms with Gasteiger partial charge in [-0.15, -0.1) is 0 Å². The van der Waals surface area contributed by atoms with E-state index < -0.39 is 17.5 Å². The quantitative estimate of drug-likeness (QED) is 0.765. The van der Waals surface area contributed by atoms with Gasteiger partial charge in [-0.25, -0.2) is 13.8 Å². The van der Waals surface area contributed by atoms with E-state index in [0.717, 1.165) is 25.6 Å². The molecule has 0 bridgehead atoms. The summed E-state index contributed by atoms with van der Waals surface area (Å²) in [5, 5.41) is 5.55. The van der Waals surface area contributed by atoms with Crippen molar-refractivity contribution >= 4 is 17.4 Å². The number of anilines is 2. The second-order valence-electron chi connectivity index (χ2n) is 5.59. The van der Waals surface area contributed by atoms with Crippen molar-refractivity contribution in [2.75, 3.05) is 37.8 Å². The summed E-state index contributed by atoms with van der Waals surface area (Å²) in [6, 6.07) is 6.26. The first-order valence-electron chi connectivity index (χ1n) is 7.57. The number of nitrogens with zero attached hydrogens (tertiary/aromatic N) is 2. The third kappa shape index (κ3) is 5.27. The SMILES string of the molecule is CN(C)CCCNc1ccc(C(=O)Nc2ccc(F)cc2F)cn1. The number of nitrogens with one attached hydrogen (secondary N) is 2. The monoisotopic (exact) mass is 334 g/mol. The first kappa shape index (κ1) is 17.8. The fraction of sp³-hybridized carbons (Fsp3) is 0.294. The summed E-state index contributed by atoms with van der Waals surface area (Å²) in [7, 11) is 4.02. The van der Waals surface area contributed by atoms with Crippen LogP contribution in [0.4, 0.5) is 20.3 Å². The summed E-state index contributed by atoms with van der Waals surface area (Å²) in [4.78, 5) is 18.3. The maximum absolute atomic E-state index is 13.5. The van der Waals surface area contributed by atoms with Crippen molar-refractivity contribution in [3.63, 3.8) is 0 Å². The third-order valence-electron chi connectivity index (χ3n) is 3.29. The number of benzene rings is 1. The zero-order valence-electron chi connectivity index (χ0n) is 13.6. The van der Waals surface area contributed by atoms with Gasteiger partial charge in [0.25, 0.3) is 5.91 Å². The number of carbonyl (C=O) groups excluding carboxylic acids is 1. The average molecular weight is 334 g/mol. The van der Waals surface area contributed by atoms with E-state index in [1.165, 1.54) is 12.3 Å². The van der Waals surface area contributed by atoms with Crippen LogP contribution in [-0.4, -0.2) is 43.0 Å². The minimum atomic E-state index is -0.824. The Morgan fingerprint density at radius 3 is 2.62 bits per heavy atom. The number of pyridine rings is 1. The Balaban J connectivity index is 1.91. The number of amides is 1. The van der Waals surface area contributed by atoms with Gasteiger partial charge in [-0.3, -0.25) is 4.79 Å². The maximum atomic E-state index is 13.5. The molecule has 0 unspecified atom stereocenters. The Morgan fingerprint density at radius 2 is 2.00 bits per heavy atom. The van der Waals surface area contributed by atoms with Gasteiger partial charge in [-0.1, -0.05) is 0 Å². The highest BCUT2D eigenvalue weighted by Crippen LogP contribution is 2.16. The number of rotatable bonds is 7. The van der Waals surface area contributed by atoms with Crippen LogP contribution in [0.1, 0.15) is 16.8 Å². The van der Waals surface area contributed by atoms with Crippen LogP contribution in [0, 0.1) is 11.6 Å². The standard InChI is InChI=1S/C17H20F2N4O/c1-23(2)9-3-8-20-16-7-4-12(11-21-16)17(24)22-15-6-5-13(18)10-14(15)19/h4-7,10-11H,3,8-9H2,1-2H3,(H,20,21)(H,22,24). The minimum absolute atomic E-state index is 0.0766. The van der Waals surface area contributed by atoms with Crippen LogP contribution in [0.2, 0.25) is 0 Å². The van der Waals surface area contributed by atoms with Crippen LogP contribution in [0.3, 0.4) is 0 Å². The average Bonchev–Trinajstić information content (AvgIpc) is 2.54. The van der Waals surface area contributed by atoms with Crippen molar-refractivity contribution in [1.82, 2.24) is 9.88 Å². The Bertz CT molecular complexity index is 689. The summed E-state index contributed by atoms with van der Waals surface area (Å²) < 4.78 is 26.4. The van der Waals surface area contributed by atoms with Crippen LogP contribution >= 0.6 is 0 Å². The summed E-state index contributed by atoms with van der Waals surface area (Å²) in [5.74, 6) is -1.36. The lowest BCUT2D eigenvalue weighted by Crippen LogP contribution is -2.17. The van der Waals surface area contributed by atoms with E-state index >= 15 is 0 Å². The molecule has 1 aromatic carbocycles. The lowest BCUT2D eigenvalue weighted by molar-refractivity contribution is 0.102. The normalized spacial score (nSPS) is 10.7. The molecule has 0 saturated heterocycles. The molecule has 0 saturated carbocycles. The molecule has 0 aliphatic carbocycles. The molecule has 5 nitrogen and oxygen atoms in total. The first-order chi connectivity index (χ1) is 11.5. The Labute approximate surface area is 139 Å². The van der Waals surface area contributed by atoms with Gasteiger partial charge in [0.1, 0.15) is 17.5 Å². The van der Waals surface area contributed by atoms with Gasteiger partial charge in [0.05, 0.1) is 11.3 Å². The van der Waals surface area contributed by atoms with Gasteiger partial charge in [0.15, 0.2) is 0 Å². The molecule has 24 heavy (non-hydrogen) atoms. The number of halogens is 2. The van der Waals surface area contributed by atoms with Crippen molar-refractivity contribution in [1.29, 1.82) is 0 Å². The Hall–Kier alpha value is -2.54. The van der Waals surface area contributed by atoms with Crippen LogP contribution in [-0.2, 0) is 0 Å². The molecule has 0 fully saturated rings. The van der Waals surface area contributed by atoms with Crippen molar-refractivity contribution in [3.05, 3.63) is 53.7 Å². The summed E-state index contributed by atoms with van der Waals surface area (Å²) >= 11 is 0. The largest absolute Gasteiger partial charge is 0.370 e. The molecule has 2 aromatic rings. The van der Waals surface area contributed by atoms with Crippen molar-refractivity contribution < 1.29 is 13.6 Å². The molecule has 0 spiro atoms. The van der Waals surface area contributed by atoms with Crippen molar-refractivity contribution in [2.45, 2.75) is 6.42 Å². The van der Waals surface area contributed by atoms with Gasteiger partial charge < -0.3 is 15.5 Å². The lowest BCUT2D eigenvalue weighted by atomic mass is 10.2. The molecule has 1 heterocycles. The number of aromatic nitrogens is 1.